The van der Waals surface area contributed by atoms with Gasteiger partial charge in [-0.25, -0.2) is 8.42 Å². The summed E-state index contributed by atoms with van der Waals surface area (Å²) in [5, 5.41) is 2.97. The largest absolute Gasteiger partial charge is 0.325 e. The summed E-state index contributed by atoms with van der Waals surface area (Å²) in [4.78, 5) is 14.8. The monoisotopic (exact) mass is 429 g/mol. The van der Waals surface area contributed by atoms with Gasteiger partial charge in [0.25, 0.3) is 0 Å². The van der Waals surface area contributed by atoms with Gasteiger partial charge in [-0.3, -0.25) is 9.69 Å². The number of nitrogens with zero attached hydrogens (tertiary/aromatic N) is 2. The van der Waals surface area contributed by atoms with Crippen molar-refractivity contribution in [2.45, 2.75) is 38.5 Å². The maximum atomic E-state index is 12.9. The molecule has 1 saturated heterocycles. The molecule has 1 aliphatic heterocycles. The molecule has 30 heavy (non-hydrogen) atoms. The van der Waals surface area contributed by atoms with Crippen LogP contribution in [0.4, 0.5) is 5.69 Å². The molecule has 0 spiro atoms. The Morgan fingerprint density at radius 2 is 1.63 bits per heavy atom. The lowest BCUT2D eigenvalue weighted by Gasteiger charge is -2.33. The van der Waals surface area contributed by atoms with Crippen LogP contribution in [0.3, 0.4) is 0 Å². The third-order valence-electron chi connectivity index (χ3n) is 5.55. The van der Waals surface area contributed by atoms with E-state index < -0.39 is 10.0 Å². The van der Waals surface area contributed by atoms with Gasteiger partial charge in [-0.15, -0.1) is 0 Å². The molecule has 0 aliphatic carbocycles. The number of hydrogen-bond donors (Lipinski definition) is 1. The lowest BCUT2D eigenvalue weighted by Crippen LogP contribution is -2.50. The molecular formula is C23H31N3O3S. The number of rotatable bonds is 6. The lowest BCUT2D eigenvalue weighted by molar-refractivity contribution is -0.117. The fraction of sp³-hybridized carbons (Fsp3) is 0.435. The molecule has 1 N–H and O–H groups in total. The topological polar surface area (TPSA) is 69.7 Å². The van der Waals surface area contributed by atoms with Gasteiger partial charge in [0, 0.05) is 31.9 Å². The number of amides is 1. The third kappa shape index (κ3) is 5.28. The van der Waals surface area contributed by atoms with Crippen LogP contribution in [-0.2, 0) is 14.8 Å². The number of nitrogens with one attached hydrogen (secondary N) is 1. The number of carbonyl (C=O) groups is 1. The van der Waals surface area contributed by atoms with Crippen LogP contribution in [0.25, 0.3) is 0 Å². The standard InChI is InChI=1S/C23H31N3O3S/c1-17(2)20-7-9-21(10-8-20)30(28,29)26-13-11-25(12-14-26)16-23(27)24-22-15-18(3)5-6-19(22)4/h5-10,15,17H,11-14,16H2,1-4H3,(H,24,27). The van der Waals surface area contributed by atoms with Gasteiger partial charge >= 0.3 is 0 Å². The molecule has 1 heterocycles. The van der Waals surface area contributed by atoms with Crippen molar-refractivity contribution in [1.82, 2.24) is 9.21 Å². The number of anilines is 1. The molecule has 7 heteroatoms. The van der Waals surface area contributed by atoms with Crippen LogP contribution in [0.5, 0.6) is 0 Å². The zero-order chi connectivity index (χ0) is 21.9. The van der Waals surface area contributed by atoms with E-state index in [1.54, 1.807) is 12.1 Å². The predicted octanol–water partition coefficient (Wildman–Crippen LogP) is 3.37. The van der Waals surface area contributed by atoms with Gasteiger partial charge in [0.1, 0.15) is 0 Å². The summed E-state index contributed by atoms with van der Waals surface area (Å²) in [6.07, 6.45) is 0. The van der Waals surface area contributed by atoms with Crippen molar-refractivity contribution in [3.8, 4) is 0 Å². The van der Waals surface area contributed by atoms with Crippen LogP contribution in [0.1, 0.15) is 36.5 Å². The average Bonchev–Trinajstić information content (AvgIpc) is 2.71. The highest BCUT2D eigenvalue weighted by Crippen LogP contribution is 2.21. The zero-order valence-electron chi connectivity index (χ0n) is 18.2. The fourth-order valence-corrected chi connectivity index (χ4v) is 4.99. The molecule has 2 aromatic rings. The Hall–Kier alpha value is -2.22. The van der Waals surface area contributed by atoms with Gasteiger partial charge in [0.15, 0.2) is 0 Å². The van der Waals surface area contributed by atoms with Crippen molar-refractivity contribution < 1.29 is 13.2 Å². The van der Waals surface area contributed by atoms with Crippen LogP contribution in [0.15, 0.2) is 47.4 Å². The maximum absolute atomic E-state index is 12.9. The van der Waals surface area contributed by atoms with E-state index in [-0.39, 0.29) is 12.5 Å². The molecule has 2 aromatic carbocycles. The first-order chi connectivity index (χ1) is 14.2. The molecule has 0 unspecified atom stereocenters. The second kappa shape index (κ2) is 9.29. The van der Waals surface area contributed by atoms with Crippen LogP contribution in [0.2, 0.25) is 0 Å². The van der Waals surface area contributed by atoms with Gasteiger partial charge in [0.05, 0.1) is 11.4 Å². The number of sulfonamides is 1. The summed E-state index contributed by atoms with van der Waals surface area (Å²) < 4.78 is 27.4. The summed E-state index contributed by atoms with van der Waals surface area (Å²) in [6.45, 7) is 10.2. The average molecular weight is 430 g/mol. The van der Waals surface area contributed by atoms with Gasteiger partial charge in [-0.05, 0) is 54.7 Å². The van der Waals surface area contributed by atoms with Gasteiger partial charge in [0.2, 0.25) is 15.9 Å². The van der Waals surface area contributed by atoms with E-state index in [1.807, 2.05) is 49.1 Å². The van der Waals surface area contributed by atoms with E-state index >= 15 is 0 Å². The van der Waals surface area contributed by atoms with E-state index in [2.05, 4.69) is 19.2 Å². The number of aryl methyl sites for hydroxylation is 2. The Kier molecular flexibility index (Phi) is 6.95. The number of benzene rings is 2. The van der Waals surface area contributed by atoms with Crippen LogP contribution >= 0.6 is 0 Å². The molecule has 0 atom stereocenters. The van der Waals surface area contributed by atoms with Crippen molar-refractivity contribution in [3.63, 3.8) is 0 Å². The Labute approximate surface area is 179 Å². The normalized spacial score (nSPS) is 16.0. The van der Waals surface area contributed by atoms with E-state index in [0.29, 0.717) is 37.0 Å². The lowest BCUT2D eigenvalue weighted by atomic mass is 10.0. The SMILES string of the molecule is Cc1ccc(C)c(NC(=O)CN2CCN(S(=O)(=O)c3ccc(C(C)C)cc3)CC2)c1. The minimum Gasteiger partial charge on any atom is -0.325 e. The van der Waals surface area contributed by atoms with E-state index in [4.69, 9.17) is 0 Å². The molecule has 1 amide bonds. The van der Waals surface area contributed by atoms with Gasteiger partial charge < -0.3 is 5.32 Å². The smallest absolute Gasteiger partial charge is 0.243 e. The van der Waals surface area contributed by atoms with Crippen molar-refractivity contribution in [3.05, 3.63) is 59.2 Å². The van der Waals surface area contributed by atoms with E-state index in [0.717, 1.165) is 22.4 Å². The molecule has 162 valence electrons. The number of carbonyl (C=O) groups excluding carboxylic acids is 1. The first kappa shape index (κ1) is 22.5. The van der Waals surface area contributed by atoms with E-state index in [1.165, 1.54) is 4.31 Å². The van der Waals surface area contributed by atoms with E-state index in [9.17, 15) is 13.2 Å². The second-order valence-corrected chi connectivity index (χ2v) is 10.2. The molecular weight excluding hydrogens is 398 g/mol. The second-order valence-electron chi connectivity index (χ2n) is 8.27. The van der Waals surface area contributed by atoms with Gasteiger partial charge in [-0.2, -0.15) is 4.31 Å². The molecule has 1 fully saturated rings. The number of hydrogen-bond acceptors (Lipinski definition) is 4. The zero-order valence-corrected chi connectivity index (χ0v) is 19.0. The molecule has 0 aromatic heterocycles. The minimum absolute atomic E-state index is 0.0794. The first-order valence-corrected chi connectivity index (χ1v) is 11.8. The Morgan fingerprint density at radius 3 is 2.23 bits per heavy atom. The molecule has 6 nitrogen and oxygen atoms in total. The van der Waals surface area contributed by atoms with Crippen molar-refractivity contribution >= 4 is 21.6 Å². The van der Waals surface area contributed by atoms with Crippen molar-refractivity contribution in [1.29, 1.82) is 0 Å². The Morgan fingerprint density at radius 1 is 1.00 bits per heavy atom. The minimum atomic E-state index is -3.51. The predicted molar refractivity (Wildman–Crippen MR) is 120 cm³/mol. The van der Waals surface area contributed by atoms with Crippen molar-refractivity contribution in [2.24, 2.45) is 0 Å². The Balaban J connectivity index is 1.56. The maximum Gasteiger partial charge on any atom is 0.243 e. The van der Waals surface area contributed by atoms with Gasteiger partial charge in [-0.1, -0.05) is 38.1 Å². The van der Waals surface area contributed by atoms with Crippen molar-refractivity contribution in [2.75, 3.05) is 38.0 Å². The fourth-order valence-electron chi connectivity index (χ4n) is 3.57. The highest BCUT2D eigenvalue weighted by Gasteiger charge is 2.29. The quantitative estimate of drug-likeness (QED) is 0.764. The van der Waals surface area contributed by atoms with Crippen LogP contribution < -0.4 is 5.32 Å². The molecule has 1 aliphatic rings. The van der Waals surface area contributed by atoms with Crippen LogP contribution in [0, 0.1) is 13.8 Å². The molecule has 0 saturated carbocycles. The summed E-state index contributed by atoms with van der Waals surface area (Å²) in [5.74, 6) is 0.282. The number of piperazine rings is 1. The Bertz CT molecular complexity index is 993. The summed E-state index contributed by atoms with van der Waals surface area (Å²) >= 11 is 0. The first-order valence-electron chi connectivity index (χ1n) is 10.4. The summed E-state index contributed by atoms with van der Waals surface area (Å²) in [7, 11) is -3.51. The molecule has 0 bridgehead atoms. The van der Waals surface area contributed by atoms with Crippen LogP contribution in [-0.4, -0.2) is 56.3 Å². The summed E-state index contributed by atoms with van der Waals surface area (Å²) in [5.41, 5.74) is 4.06. The molecule has 0 radical (unpaired) electrons. The highest BCUT2D eigenvalue weighted by molar-refractivity contribution is 7.89. The summed E-state index contributed by atoms with van der Waals surface area (Å²) in [6, 6.07) is 13.1. The third-order valence-corrected chi connectivity index (χ3v) is 7.46. The molecule has 3 rings (SSSR count). The highest BCUT2D eigenvalue weighted by atomic mass is 32.2.